The summed E-state index contributed by atoms with van der Waals surface area (Å²) >= 11 is 0. The molecule has 0 aromatic carbocycles. The molecule has 0 unspecified atom stereocenters. The third kappa shape index (κ3) is 5.47. The SMILES string of the molecule is CCCCNc1ccc(NC(=O)NC(C)C)nn1. The minimum atomic E-state index is -0.272. The molecule has 0 atom stereocenters. The zero-order chi connectivity index (χ0) is 13.4. The van der Waals surface area contributed by atoms with Crippen molar-refractivity contribution in [2.45, 2.75) is 39.7 Å². The Bertz CT molecular complexity index is 363. The summed E-state index contributed by atoms with van der Waals surface area (Å²) in [7, 11) is 0. The Kier molecular flexibility index (Phi) is 5.90. The molecule has 0 saturated heterocycles. The van der Waals surface area contributed by atoms with Crippen LogP contribution in [0.4, 0.5) is 16.4 Å². The molecule has 0 aliphatic carbocycles. The van der Waals surface area contributed by atoms with Gasteiger partial charge in [0.15, 0.2) is 5.82 Å². The van der Waals surface area contributed by atoms with Gasteiger partial charge >= 0.3 is 6.03 Å². The standard InChI is InChI=1S/C12H21N5O/c1-4-5-8-13-10-6-7-11(17-16-10)15-12(18)14-9(2)3/h6-7,9H,4-5,8H2,1-3H3,(H,13,16)(H2,14,15,17,18). The lowest BCUT2D eigenvalue weighted by atomic mass is 10.3. The van der Waals surface area contributed by atoms with Crippen molar-refractivity contribution in [3.05, 3.63) is 12.1 Å². The molecule has 0 radical (unpaired) electrons. The molecular formula is C12H21N5O. The predicted octanol–water partition coefficient (Wildman–Crippen LogP) is 2.22. The quantitative estimate of drug-likeness (QED) is 0.677. The van der Waals surface area contributed by atoms with E-state index in [4.69, 9.17) is 0 Å². The van der Waals surface area contributed by atoms with Gasteiger partial charge in [0.2, 0.25) is 0 Å². The van der Waals surface area contributed by atoms with Gasteiger partial charge in [-0.15, -0.1) is 10.2 Å². The van der Waals surface area contributed by atoms with E-state index in [9.17, 15) is 4.79 Å². The Hall–Kier alpha value is -1.85. The van der Waals surface area contributed by atoms with Gasteiger partial charge in [0.05, 0.1) is 0 Å². The van der Waals surface area contributed by atoms with E-state index >= 15 is 0 Å². The monoisotopic (exact) mass is 251 g/mol. The molecule has 0 bridgehead atoms. The van der Waals surface area contributed by atoms with Crippen LogP contribution in [0.5, 0.6) is 0 Å². The minimum absolute atomic E-state index is 0.0907. The van der Waals surface area contributed by atoms with E-state index in [0.717, 1.165) is 25.2 Å². The first kappa shape index (κ1) is 14.2. The fourth-order valence-electron chi connectivity index (χ4n) is 1.30. The molecule has 1 heterocycles. The van der Waals surface area contributed by atoms with Crippen molar-refractivity contribution in [2.24, 2.45) is 0 Å². The smallest absolute Gasteiger partial charge is 0.320 e. The normalized spacial score (nSPS) is 10.2. The molecule has 1 rings (SSSR count). The van der Waals surface area contributed by atoms with Crippen LogP contribution in [0.15, 0.2) is 12.1 Å². The molecule has 6 heteroatoms. The van der Waals surface area contributed by atoms with Crippen LogP contribution in [-0.4, -0.2) is 28.8 Å². The Balaban J connectivity index is 2.42. The average Bonchev–Trinajstić information content (AvgIpc) is 2.30. The molecule has 1 aromatic rings. The number of carbonyl (C=O) groups excluding carboxylic acids is 1. The van der Waals surface area contributed by atoms with Crippen molar-refractivity contribution in [1.29, 1.82) is 0 Å². The molecular weight excluding hydrogens is 230 g/mol. The van der Waals surface area contributed by atoms with E-state index in [-0.39, 0.29) is 12.1 Å². The van der Waals surface area contributed by atoms with E-state index in [2.05, 4.69) is 33.1 Å². The number of amides is 2. The van der Waals surface area contributed by atoms with Gasteiger partial charge in [-0.1, -0.05) is 13.3 Å². The summed E-state index contributed by atoms with van der Waals surface area (Å²) in [5.41, 5.74) is 0. The second kappa shape index (κ2) is 7.47. The van der Waals surface area contributed by atoms with Crippen molar-refractivity contribution in [3.8, 4) is 0 Å². The topological polar surface area (TPSA) is 78.9 Å². The molecule has 0 spiro atoms. The molecule has 0 saturated carbocycles. The molecule has 3 N–H and O–H groups in total. The summed E-state index contributed by atoms with van der Waals surface area (Å²) < 4.78 is 0. The molecule has 2 amide bonds. The van der Waals surface area contributed by atoms with Crippen molar-refractivity contribution in [1.82, 2.24) is 15.5 Å². The lowest BCUT2D eigenvalue weighted by Gasteiger charge is -2.09. The molecule has 1 aromatic heterocycles. The van der Waals surface area contributed by atoms with E-state index in [1.165, 1.54) is 0 Å². The summed E-state index contributed by atoms with van der Waals surface area (Å²) in [4.78, 5) is 11.4. The number of anilines is 2. The van der Waals surface area contributed by atoms with Gasteiger partial charge in [0.1, 0.15) is 5.82 Å². The fourth-order valence-corrected chi connectivity index (χ4v) is 1.30. The number of carbonyl (C=O) groups is 1. The zero-order valence-corrected chi connectivity index (χ0v) is 11.2. The number of hydrogen-bond acceptors (Lipinski definition) is 4. The predicted molar refractivity (Wildman–Crippen MR) is 72.7 cm³/mol. The lowest BCUT2D eigenvalue weighted by molar-refractivity contribution is 0.250. The Morgan fingerprint density at radius 2 is 1.94 bits per heavy atom. The number of rotatable bonds is 6. The number of urea groups is 1. The first-order valence-electron chi connectivity index (χ1n) is 6.27. The third-order valence-electron chi connectivity index (χ3n) is 2.16. The van der Waals surface area contributed by atoms with Crippen LogP contribution in [0.25, 0.3) is 0 Å². The van der Waals surface area contributed by atoms with Gasteiger partial charge < -0.3 is 10.6 Å². The van der Waals surface area contributed by atoms with Crippen molar-refractivity contribution in [2.75, 3.05) is 17.2 Å². The van der Waals surface area contributed by atoms with Gasteiger partial charge in [0, 0.05) is 12.6 Å². The van der Waals surface area contributed by atoms with Crippen LogP contribution in [0.1, 0.15) is 33.6 Å². The van der Waals surface area contributed by atoms with E-state index in [1.807, 2.05) is 13.8 Å². The fraction of sp³-hybridized carbons (Fsp3) is 0.583. The maximum Gasteiger partial charge on any atom is 0.320 e. The van der Waals surface area contributed by atoms with Gasteiger partial charge in [-0.05, 0) is 32.4 Å². The second-order valence-corrected chi connectivity index (χ2v) is 4.34. The maximum absolute atomic E-state index is 11.4. The van der Waals surface area contributed by atoms with Crippen molar-refractivity contribution < 1.29 is 4.79 Å². The molecule has 18 heavy (non-hydrogen) atoms. The van der Waals surface area contributed by atoms with E-state index in [1.54, 1.807) is 12.1 Å². The van der Waals surface area contributed by atoms with Gasteiger partial charge in [-0.25, -0.2) is 4.79 Å². The van der Waals surface area contributed by atoms with Crippen LogP contribution >= 0.6 is 0 Å². The van der Waals surface area contributed by atoms with Crippen LogP contribution in [-0.2, 0) is 0 Å². The molecule has 0 aliphatic rings. The van der Waals surface area contributed by atoms with Crippen LogP contribution in [0.2, 0.25) is 0 Å². The molecule has 0 fully saturated rings. The van der Waals surface area contributed by atoms with Crippen LogP contribution in [0.3, 0.4) is 0 Å². The van der Waals surface area contributed by atoms with E-state index < -0.39 is 0 Å². The first-order valence-corrected chi connectivity index (χ1v) is 6.27. The molecule has 100 valence electrons. The number of nitrogens with zero attached hydrogens (tertiary/aromatic N) is 2. The van der Waals surface area contributed by atoms with E-state index in [0.29, 0.717) is 5.82 Å². The molecule has 0 aliphatic heterocycles. The van der Waals surface area contributed by atoms with Crippen molar-refractivity contribution in [3.63, 3.8) is 0 Å². The molecule has 6 nitrogen and oxygen atoms in total. The largest absolute Gasteiger partial charge is 0.369 e. The number of aromatic nitrogens is 2. The Morgan fingerprint density at radius 3 is 2.50 bits per heavy atom. The Morgan fingerprint density at radius 1 is 1.28 bits per heavy atom. The lowest BCUT2D eigenvalue weighted by Crippen LogP contribution is -2.34. The third-order valence-corrected chi connectivity index (χ3v) is 2.16. The van der Waals surface area contributed by atoms with Gasteiger partial charge in [-0.2, -0.15) is 0 Å². The summed E-state index contributed by atoms with van der Waals surface area (Å²) in [6.07, 6.45) is 2.23. The highest BCUT2D eigenvalue weighted by Crippen LogP contribution is 2.06. The van der Waals surface area contributed by atoms with Gasteiger partial charge in [0.25, 0.3) is 0 Å². The Labute approximate surface area is 108 Å². The summed E-state index contributed by atoms with van der Waals surface area (Å²) in [5, 5.41) is 16.4. The van der Waals surface area contributed by atoms with Crippen molar-refractivity contribution >= 4 is 17.7 Å². The first-order chi connectivity index (χ1) is 8.61. The summed E-state index contributed by atoms with van der Waals surface area (Å²) in [6, 6.07) is 3.34. The number of hydrogen-bond donors (Lipinski definition) is 3. The zero-order valence-electron chi connectivity index (χ0n) is 11.2. The highest BCUT2D eigenvalue weighted by atomic mass is 16.2. The minimum Gasteiger partial charge on any atom is -0.369 e. The maximum atomic E-state index is 11.4. The van der Waals surface area contributed by atoms with Gasteiger partial charge in [-0.3, -0.25) is 5.32 Å². The second-order valence-electron chi connectivity index (χ2n) is 4.34. The highest BCUT2D eigenvalue weighted by molar-refractivity contribution is 5.88. The van der Waals surface area contributed by atoms with Crippen LogP contribution < -0.4 is 16.0 Å². The highest BCUT2D eigenvalue weighted by Gasteiger charge is 2.04. The average molecular weight is 251 g/mol. The summed E-state index contributed by atoms with van der Waals surface area (Å²) in [6.45, 7) is 6.80. The van der Waals surface area contributed by atoms with Crippen LogP contribution in [0, 0.1) is 0 Å². The number of nitrogens with one attached hydrogen (secondary N) is 3. The summed E-state index contributed by atoms with van der Waals surface area (Å²) in [5.74, 6) is 1.16. The number of unbranched alkanes of at least 4 members (excludes halogenated alkanes) is 1.